The predicted molar refractivity (Wildman–Crippen MR) is 86.5 cm³/mol. The van der Waals surface area contributed by atoms with Gasteiger partial charge >= 0.3 is 0 Å². The number of nitrogens with one attached hydrogen (secondary N) is 1. The average molecular weight is 312 g/mol. The number of ether oxygens (including phenoxy) is 2. The van der Waals surface area contributed by atoms with E-state index in [1.54, 1.807) is 18.4 Å². The first-order valence-corrected chi connectivity index (χ1v) is 8.83. The first-order chi connectivity index (χ1) is 10.2. The second-order valence-corrected chi connectivity index (χ2v) is 7.16. The summed E-state index contributed by atoms with van der Waals surface area (Å²) in [5.74, 6) is 0.674. The molecule has 0 spiro atoms. The molecule has 1 aromatic heterocycles. The molecule has 0 bridgehead atoms. The summed E-state index contributed by atoms with van der Waals surface area (Å²) in [7, 11) is 1.80. The maximum absolute atomic E-state index is 6.00. The van der Waals surface area contributed by atoms with Gasteiger partial charge in [0.25, 0.3) is 0 Å². The van der Waals surface area contributed by atoms with Gasteiger partial charge < -0.3 is 14.8 Å². The van der Waals surface area contributed by atoms with Crippen molar-refractivity contribution in [3.8, 4) is 0 Å². The van der Waals surface area contributed by atoms with Gasteiger partial charge in [-0.2, -0.15) is 0 Å². The van der Waals surface area contributed by atoms with Crippen LogP contribution in [0.25, 0.3) is 0 Å². The molecule has 0 aliphatic heterocycles. The molecule has 5 heteroatoms. The molecule has 2 unspecified atom stereocenters. The van der Waals surface area contributed by atoms with Crippen molar-refractivity contribution in [3.63, 3.8) is 0 Å². The molecule has 120 valence electrons. The standard InChI is InChI=1S/C16H28N2O2S/c1-12(2)8-17-9-16-18-13(11-21-16)10-20-15-6-4-5-14(7-15)19-3/h11-12,14-15,17H,4-10H2,1-3H3. The number of hydrogen-bond acceptors (Lipinski definition) is 5. The zero-order valence-corrected chi connectivity index (χ0v) is 14.2. The van der Waals surface area contributed by atoms with Crippen molar-refractivity contribution >= 4 is 11.3 Å². The molecule has 0 amide bonds. The van der Waals surface area contributed by atoms with Crippen LogP contribution in [0.5, 0.6) is 0 Å². The van der Waals surface area contributed by atoms with Crippen molar-refractivity contribution in [1.29, 1.82) is 0 Å². The molecule has 0 saturated heterocycles. The van der Waals surface area contributed by atoms with Crippen LogP contribution in [0, 0.1) is 5.92 Å². The van der Waals surface area contributed by atoms with Crippen LogP contribution in [0.15, 0.2) is 5.38 Å². The molecular formula is C16H28N2O2S. The second-order valence-electron chi connectivity index (χ2n) is 6.21. The largest absolute Gasteiger partial charge is 0.381 e. The Morgan fingerprint density at radius 1 is 1.38 bits per heavy atom. The van der Waals surface area contributed by atoms with Crippen molar-refractivity contribution in [1.82, 2.24) is 10.3 Å². The van der Waals surface area contributed by atoms with E-state index in [1.807, 2.05) is 0 Å². The lowest BCUT2D eigenvalue weighted by Gasteiger charge is -2.27. The van der Waals surface area contributed by atoms with Crippen LogP contribution in [-0.2, 0) is 22.6 Å². The monoisotopic (exact) mass is 312 g/mol. The van der Waals surface area contributed by atoms with Gasteiger partial charge in [0, 0.05) is 19.0 Å². The van der Waals surface area contributed by atoms with E-state index in [9.17, 15) is 0 Å². The van der Waals surface area contributed by atoms with Gasteiger partial charge in [0.15, 0.2) is 0 Å². The molecule has 1 aromatic rings. The number of aromatic nitrogens is 1. The number of thiazole rings is 1. The Bertz CT molecular complexity index is 409. The molecule has 1 aliphatic carbocycles. The molecule has 0 aromatic carbocycles. The Labute approximate surface area is 132 Å². The summed E-state index contributed by atoms with van der Waals surface area (Å²) in [6.07, 6.45) is 5.22. The zero-order chi connectivity index (χ0) is 15.1. The minimum Gasteiger partial charge on any atom is -0.381 e. The molecule has 4 nitrogen and oxygen atoms in total. The molecule has 2 rings (SSSR count). The third-order valence-corrected chi connectivity index (χ3v) is 4.70. The van der Waals surface area contributed by atoms with Gasteiger partial charge in [-0.05, 0) is 38.1 Å². The Balaban J connectivity index is 1.70. The predicted octanol–water partition coefficient (Wildman–Crippen LogP) is 3.36. The van der Waals surface area contributed by atoms with Crippen LogP contribution in [0.4, 0.5) is 0 Å². The van der Waals surface area contributed by atoms with E-state index in [0.717, 1.165) is 36.6 Å². The summed E-state index contributed by atoms with van der Waals surface area (Å²) in [4.78, 5) is 4.63. The number of hydrogen-bond donors (Lipinski definition) is 1. The third-order valence-electron chi connectivity index (χ3n) is 3.81. The highest BCUT2D eigenvalue weighted by Crippen LogP contribution is 2.24. The highest BCUT2D eigenvalue weighted by Gasteiger charge is 2.22. The van der Waals surface area contributed by atoms with Crippen LogP contribution in [0.2, 0.25) is 0 Å². The Kier molecular flexibility index (Phi) is 7.10. The van der Waals surface area contributed by atoms with Gasteiger partial charge in [-0.3, -0.25) is 0 Å². The molecule has 1 N–H and O–H groups in total. The summed E-state index contributed by atoms with van der Waals surface area (Å²) in [6, 6.07) is 0. The Morgan fingerprint density at radius 2 is 2.19 bits per heavy atom. The second kappa shape index (κ2) is 8.83. The molecular weight excluding hydrogens is 284 g/mol. The summed E-state index contributed by atoms with van der Waals surface area (Å²) >= 11 is 1.71. The van der Waals surface area contributed by atoms with Crippen LogP contribution in [-0.4, -0.2) is 30.8 Å². The molecule has 1 heterocycles. The van der Waals surface area contributed by atoms with Gasteiger partial charge in [-0.15, -0.1) is 11.3 Å². The molecule has 0 radical (unpaired) electrons. The maximum atomic E-state index is 6.00. The van der Waals surface area contributed by atoms with E-state index in [4.69, 9.17) is 9.47 Å². The van der Waals surface area contributed by atoms with Gasteiger partial charge in [-0.25, -0.2) is 4.98 Å². The van der Waals surface area contributed by atoms with E-state index in [0.29, 0.717) is 24.7 Å². The van der Waals surface area contributed by atoms with E-state index in [1.165, 1.54) is 12.8 Å². The quantitative estimate of drug-likeness (QED) is 0.799. The number of methoxy groups -OCH3 is 1. The fourth-order valence-corrected chi connectivity index (χ4v) is 3.38. The normalized spacial score (nSPS) is 22.9. The first kappa shape index (κ1) is 16.9. The van der Waals surface area contributed by atoms with Gasteiger partial charge in [0.2, 0.25) is 0 Å². The van der Waals surface area contributed by atoms with Gasteiger partial charge in [-0.1, -0.05) is 13.8 Å². The van der Waals surface area contributed by atoms with Crippen LogP contribution in [0.1, 0.15) is 50.2 Å². The van der Waals surface area contributed by atoms with Crippen LogP contribution >= 0.6 is 11.3 Å². The smallest absolute Gasteiger partial charge is 0.107 e. The third kappa shape index (κ3) is 6.02. The number of nitrogens with zero attached hydrogens (tertiary/aromatic N) is 1. The fraction of sp³-hybridized carbons (Fsp3) is 0.812. The minimum atomic E-state index is 0.327. The van der Waals surface area contributed by atoms with Crippen molar-refractivity contribution in [2.45, 2.75) is 64.9 Å². The van der Waals surface area contributed by atoms with E-state index >= 15 is 0 Å². The molecule has 2 atom stereocenters. The highest BCUT2D eigenvalue weighted by atomic mass is 32.1. The topological polar surface area (TPSA) is 43.4 Å². The van der Waals surface area contributed by atoms with E-state index in [-0.39, 0.29) is 0 Å². The number of rotatable bonds is 8. The molecule has 1 saturated carbocycles. The lowest BCUT2D eigenvalue weighted by atomic mass is 9.95. The Morgan fingerprint density at radius 3 is 2.95 bits per heavy atom. The first-order valence-electron chi connectivity index (χ1n) is 7.95. The lowest BCUT2D eigenvalue weighted by molar-refractivity contribution is -0.0371. The lowest BCUT2D eigenvalue weighted by Crippen LogP contribution is -2.27. The summed E-state index contributed by atoms with van der Waals surface area (Å²) in [6.45, 7) is 6.95. The Hall–Kier alpha value is -0.490. The van der Waals surface area contributed by atoms with Crippen molar-refractivity contribution in [3.05, 3.63) is 16.1 Å². The average Bonchev–Trinajstić information content (AvgIpc) is 2.93. The van der Waals surface area contributed by atoms with Crippen molar-refractivity contribution < 1.29 is 9.47 Å². The summed E-state index contributed by atoms with van der Waals surface area (Å²) < 4.78 is 11.4. The van der Waals surface area contributed by atoms with Crippen molar-refractivity contribution in [2.24, 2.45) is 5.92 Å². The minimum absolute atomic E-state index is 0.327. The zero-order valence-electron chi connectivity index (χ0n) is 13.4. The maximum Gasteiger partial charge on any atom is 0.107 e. The molecule has 1 aliphatic rings. The van der Waals surface area contributed by atoms with Gasteiger partial charge in [0.1, 0.15) is 5.01 Å². The van der Waals surface area contributed by atoms with Crippen LogP contribution < -0.4 is 5.32 Å². The SMILES string of the molecule is COC1CCCC(OCc2csc(CNCC(C)C)n2)C1. The molecule has 21 heavy (non-hydrogen) atoms. The summed E-state index contributed by atoms with van der Waals surface area (Å²) in [5, 5.41) is 6.68. The van der Waals surface area contributed by atoms with Crippen molar-refractivity contribution in [2.75, 3.05) is 13.7 Å². The fourth-order valence-electron chi connectivity index (χ4n) is 2.63. The van der Waals surface area contributed by atoms with Crippen LogP contribution in [0.3, 0.4) is 0 Å². The summed E-state index contributed by atoms with van der Waals surface area (Å²) in [5.41, 5.74) is 1.06. The van der Waals surface area contributed by atoms with E-state index < -0.39 is 0 Å². The van der Waals surface area contributed by atoms with E-state index in [2.05, 4.69) is 29.5 Å². The van der Waals surface area contributed by atoms with Gasteiger partial charge in [0.05, 0.1) is 24.5 Å². The highest BCUT2D eigenvalue weighted by molar-refractivity contribution is 7.09. The molecule has 1 fully saturated rings.